The minimum absolute atomic E-state index is 0.0926. The number of hydrogen-bond donors (Lipinski definition) is 0. The molecule has 0 aliphatic carbocycles. The molecule has 1 atom stereocenters. The Hall–Kier alpha value is 0.250. The van der Waals surface area contributed by atoms with E-state index in [9.17, 15) is 4.79 Å². The number of halogens is 2. The summed E-state index contributed by atoms with van der Waals surface area (Å²) in [5, 5.41) is -0.439. The van der Waals surface area contributed by atoms with Gasteiger partial charge in [-0.15, -0.1) is 11.6 Å². The molecule has 0 bridgehead atoms. The van der Waals surface area contributed by atoms with Crippen molar-refractivity contribution in [3.8, 4) is 0 Å². The Balaban J connectivity index is 3.43. The summed E-state index contributed by atoms with van der Waals surface area (Å²) in [6.07, 6.45) is 1.13. The van der Waals surface area contributed by atoms with E-state index in [1.807, 2.05) is 0 Å². The number of alkyl halides is 1. The van der Waals surface area contributed by atoms with Gasteiger partial charge in [-0.1, -0.05) is 13.8 Å². The van der Waals surface area contributed by atoms with Crippen LogP contribution in [0.3, 0.4) is 0 Å². The van der Waals surface area contributed by atoms with Crippen LogP contribution in [0.4, 0.5) is 0 Å². The fourth-order valence-corrected chi connectivity index (χ4v) is 1.53. The summed E-state index contributed by atoms with van der Waals surface area (Å²) in [4.78, 5) is 10.3. The second-order valence-corrected chi connectivity index (χ2v) is 3.82. The topological polar surface area (TPSA) is 17.1 Å². The van der Waals surface area contributed by atoms with Crippen LogP contribution in [0.15, 0.2) is 0 Å². The van der Waals surface area contributed by atoms with Crippen molar-refractivity contribution in [3.63, 3.8) is 0 Å². The third-order valence-electron chi connectivity index (χ3n) is 1.11. The van der Waals surface area contributed by atoms with Gasteiger partial charge in [0.15, 0.2) is 0 Å². The number of rotatable bonds is 4. The first kappa shape index (κ1) is 10.2. The maximum Gasteiger partial charge on any atom is 0.223 e. The molecule has 0 aliphatic rings. The molecule has 1 unspecified atom stereocenters. The summed E-state index contributed by atoms with van der Waals surface area (Å²) < 4.78 is 0. The lowest BCUT2D eigenvalue weighted by molar-refractivity contribution is -0.111. The second kappa shape index (κ2) is 4.97. The Kier molecular flexibility index (Phi) is 5.10. The summed E-state index contributed by atoms with van der Waals surface area (Å²) >= 11 is 10.9. The zero-order chi connectivity index (χ0) is 8.15. The van der Waals surface area contributed by atoms with Crippen molar-refractivity contribution in [3.05, 3.63) is 0 Å². The first-order valence-corrected chi connectivity index (χ1v) is 4.16. The monoisotopic (exact) mass is 182 g/mol. The van der Waals surface area contributed by atoms with Crippen LogP contribution in [-0.4, -0.2) is 10.6 Å². The summed E-state index contributed by atoms with van der Waals surface area (Å²) in [6.45, 7) is 4.13. The normalized spacial score (nSPS) is 13.7. The Labute approximate surface area is 71.7 Å². The highest BCUT2D eigenvalue weighted by molar-refractivity contribution is 6.63. The van der Waals surface area contributed by atoms with Crippen molar-refractivity contribution in [2.75, 3.05) is 0 Å². The third-order valence-corrected chi connectivity index (χ3v) is 1.60. The molecule has 0 aliphatic heterocycles. The molecule has 10 heavy (non-hydrogen) atoms. The largest absolute Gasteiger partial charge is 0.281 e. The zero-order valence-electron chi connectivity index (χ0n) is 6.23. The van der Waals surface area contributed by atoms with Crippen molar-refractivity contribution in [2.45, 2.75) is 32.1 Å². The van der Waals surface area contributed by atoms with Gasteiger partial charge in [0.05, 0.1) is 0 Å². The van der Waals surface area contributed by atoms with Crippen LogP contribution in [0.5, 0.6) is 0 Å². The molecule has 0 spiro atoms. The van der Waals surface area contributed by atoms with Gasteiger partial charge in [-0.3, -0.25) is 4.79 Å². The molecule has 1 nitrogen and oxygen atoms in total. The fourth-order valence-electron chi connectivity index (χ4n) is 0.769. The minimum atomic E-state index is -0.347. The Morgan fingerprint density at radius 2 is 2.00 bits per heavy atom. The fraction of sp³-hybridized carbons (Fsp3) is 0.857. The van der Waals surface area contributed by atoms with E-state index in [0.29, 0.717) is 5.92 Å². The van der Waals surface area contributed by atoms with Crippen LogP contribution in [0.2, 0.25) is 0 Å². The molecule has 0 rings (SSSR count). The predicted octanol–water partition coefficient (Wildman–Crippen LogP) is 2.80. The maximum atomic E-state index is 10.3. The average Bonchev–Trinajstić information content (AvgIpc) is 1.58. The Morgan fingerprint density at radius 3 is 2.30 bits per heavy atom. The Morgan fingerprint density at radius 1 is 1.50 bits per heavy atom. The van der Waals surface area contributed by atoms with Gasteiger partial charge in [0.1, 0.15) is 0 Å². The quantitative estimate of drug-likeness (QED) is 0.483. The molecule has 0 aromatic heterocycles. The minimum Gasteiger partial charge on any atom is -0.281 e. The van der Waals surface area contributed by atoms with E-state index in [2.05, 4.69) is 13.8 Å². The molecule has 0 aromatic rings. The molecule has 3 heteroatoms. The van der Waals surface area contributed by atoms with E-state index in [0.717, 1.165) is 6.42 Å². The van der Waals surface area contributed by atoms with Crippen molar-refractivity contribution >= 4 is 28.4 Å². The van der Waals surface area contributed by atoms with Gasteiger partial charge >= 0.3 is 0 Å². The van der Waals surface area contributed by atoms with Crippen LogP contribution in [0, 0.1) is 5.92 Å². The summed E-state index contributed by atoms with van der Waals surface area (Å²) in [5.41, 5.74) is 0. The van der Waals surface area contributed by atoms with E-state index in [4.69, 9.17) is 23.2 Å². The highest BCUT2D eigenvalue weighted by atomic mass is 35.5. The average molecular weight is 183 g/mol. The van der Waals surface area contributed by atoms with Gasteiger partial charge in [-0.05, 0) is 23.9 Å². The van der Waals surface area contributed by atoms with E-state index in [1.54, 1.807) is 0 Å². The van der Waals surface area contributed by atoms with Crippen molar-refractivity contribution in [2.24, 2.45) is 5.92 Å². The van der Waals surface area contributed by atoms with Gasteiger partial charge in [0.2, 0.25) is 5.24 Å². The van der Waals surface area contributed by atoms with Crippen LogP contribution < -0.4 is 0 Å². The predicted molar refractivity (Wildman–Crippen MR) is 44.6 cm³/mol. The standard InChI is InChI=1S/C7H12Cl2O/c1-5(2)3-6(8)4-7(9)10/h5-6H,3-4H2,1-2H3. The smallest absolute Gasteiger partial charge is 0.223 e. The van der Waals surface area contributed by atoms with E-state index in [1.165, 1.54) is 0 Å². The first-order chi connectivity index (χ1) is 4.52. The highest BCUT2D eigenvalue weighted by Crippen LogP contribution is 2.14. The van der Waals surface area contributed by atoms with Gasteiger partial charge in [-0.25, -0.2) is 0 Å². The molecule has 0 fully saturated rings. The molecule has 0 saturated carbocycles. The van der Waals surface area contributed by atoms with Gasteiger partial charge < -0.3 is 0 Å². The highest BCUT2D eigenvalue weighted by Gasteiger charge is 2.10. The molecular weight excluding hydrogens is 171 g/mol. The zero-order valence-corrected chi connectivity index (χ0v) is 7.74. The van der Waals surface area contributed by atoms with Gasteiger partial charge in [0, 0.05) is 11.8 Å². The van der Waals surface area contributed by atoms with Crippen LogP contribution in [0.25, 0.3) is 0 Å². The molecule has 0 N–H and O–H groups in total. The molecular formula is C7H12Cl2O. The molecule has 0 aromatic carbocycles. The lowest BCUT2D eigenvalue weighted by atomic mass is 10.1. The molecule has 0 amide bonds. The lowest BCUT2D eigenvalue weighted by Crippen LogP contribution is -2.06. The number of carbonyl (C=O) groups is 1. The lowest BCUT2D eigenvalue weighted by Gasteiger charge is -2.08. The first-order valence-electron chi connectivity index (χ1n) is 3.34. The van der Waals surface area contributed by atoms with Crippen molar-refractivity contribution < 1.29 is 4.79 Å². The van der Waals surface area contributed by atoms with Gasteiger partial charge in [-0.2, -0.15) is 0 Å². The van der Waals surface area contributed by atoms with Crippen LogP contribution >= 0.6 is 23.2 Å². The summed E-state index contributed by atoms with van der Waals surface area (Å²) in [7, 11) is 0. The molecule has 0 saturated heterocycles. The van der Waals surface area contributed by atoms with E-state index in [-0.39, 0.29) is 17.0 Å². The van der Waals surface area contributed by atoms with Crippen LogP contribution in [-0.2, 0) is 4.79 Å². The third kappa shape index (κ3) is 6.37. The SMILES string of the molecule is CC(C)CC(Cl)CC(=O)Cl. The number of hydrogen-bond acceptors (Lipinski definition) is 1. The van der Waals surface area contributed by atoms with Crippen molar-refractivity contribution in [1.29, 1.82) is 0 Å². The van der Waals surface area contributed by atoms with Gasteiger partial charge in [0.25, 0.3) is 0 Å². The molecule has 0 radical (unpaired) electrons. The maximum absolute atomic E-state index is 10.3. The summed E-state index contributed by atoms with van der Waals surface area (Å²) in [5.74, 6) is 0.526. The van der Waals surface area contributed by atoms with Crippen molar-refractivity contribution in [1.82, 2.24) is 0 Å². The molecule has 60 valence electrons. The van der Waals surface area contributed by atoms with Crippen LogP contribution in [0.1, 0.15) is 26.7 Å². The van der Waals surface area contributed by atoms with E-state index < -0.39 is 0 Å². The molecule has 0 heterocycles. The second-order valence-electron chi connectivity index (χ2n) is 2.79. The Bertz CT molecular complexity index is 112. The van der Waals surface area contributed by atoms with E-state index >= 15 is 0 Å². The summed E-state index contributed by atoms with van der Waals surface area (Å²) in [6, 6.07) is 0. The number of carbonyl (C=O) groups excluding carboxylic acids is 1.